The summed E-state index contributed by atoms with van der Waals surface area (Å²) in [4.78, 5) is 10.4. The van der Waals surface area contributed by atoms with Crippen LogP contribution >= 0.6 is 0 Å². The summed E-state index contributed by atoms with van der Waals surface area (Å²) >= 11 is 0. The molecule has 1 aromatic carbocycles. The minimum absolute atomic E-state index is 0.494. The zero-order valence-electron chi connectivity index (χ0n) is 7.51. The van der Waals surface area contributed by atoms with E-state index in [9.17, 15) is 22.4 Å². The van der Waals surface area contributed by atoms with Crippen molar-refractivity contribution in [1.82, 2.24) is 0 Å². The molecule has 0 unspecified atom stereocenters. The number of aromatic carboxylic acids is 1. The van der Waals surface area contributed by atoms with Gasteiger partial charge in [-0.2, -0.15) is 0 Å². The van der Waals surface area contributed by atoms with Gasteiger partial charge in [-0.25, -0.2) is 9.18 Å². The Morgan fingerprint density at radius 3 is 2.38 bits per heavy atom. The Morgan fingerprint density at radius 2 is 1.94 bits per heavy atom. The third-order valence-electron chi connectivity index (χ3n) is 1.56. The Labute approximate surface area is 86.2 Å². The van der Waals surface area contributed by atoms with Crippen LogP contribution in [0.2, 0.25) is 0 Å². The first-order valence-electron chi connectivity index (χ1n) is 3.79. The molecule has 0 bridgehead atoms. The van der Waals surface area contributed by atoms with E-state index in [1.807, 2.05) is 0 Å². The van der Waals surface area contributed by atoms with Crippen LogP contribution in [-0.4, -0.2) is 17.4 Å². The van der Waals surface area contributed by atoms with E-state index in [1.54, 1.807) is 0 Å². The van der Waals surface area contributed by atoms with Crippen LogP contribution < -0.4 is 10.5 Å². The standard InChI is InChI=1S/C8H5F4NO3/c9-4-1-3(7(14)15)2-5(6(4)13)16-8(10,11)12/h1-2H,13H2,(H,14,15). The minimum atomic E-state index is -5.07. The van der Waals surface area contributed by atoms with Crippen LogP contribution in [-0.2, 0) is 0 Å². The molecule has 0 spiro atoms. The molecule has 0 amide bonds. The van der Waals surface area contributed by atoms with E-state index in [1.165, 1.54) is 0 Å². The molecule has 0 aliphatic carbocycles. The molecule has 0 aliphatic heterocycles. The number of nitrogen functional groups attached to an aromatic ring is 1. The lowest BCUT2D eigenvalue weighted by Crippen LogP contribution is -2.19. The number of halogens is 4. The number of hydrogen-bond donors (Lipinski definition) is 2. The lowest BCUT2D eigenvalue weighted by atomic mass is 10.2. The van der Waals surface area contributed by atoms with Gasteiger partial charge in [-0.05, 0) is 12.1 Å². The molecule has 1 rings (SSSR count). The molecule has 0 saturated heterocycles. The van der Waals surface area contributed by atoms with Crippen molar-refractivity contribution in [2.75, 3.05) is 5.73 Å². The molecule has 0 aromatic heterocycles. The number of carboxylic acid groups (broad SMARTS) is 1. The number of anilines is 1. The number of benzene rings is 1. The van der Waals surface area contributed by atoms with Crippen LogP contribution in [0.15, 0.2) is 12.1 Å². The van der Waals surface area contributed by atoms with Crippen LogP contribution in [0.25, 0.3) is 0 Å². The molecular weight excluding hydrogens is 234 g/mol. The summed E-state index contributed by atoms with van der Waals surface area (Å²) < 4.78 is 51.8. The summed E-state index contributed by atoms with van der Waals surface area (Å²) in [7, 11) is 0. The van der Waals surface area contributed by atoms with Gasteiger partial charge in [0.2, 0.25) is 0 Å². The van der Waals surface area contributed by atoms with Crippen molar-refractivity contribution in [1.29, 1.82) is 0 Å². The van der Waals surface area contributed by atoms with Crippen LogP contribution in [0.4, 0.5) is 23.2 Å². The normalized spacial score (nSPS) is 11.2. The minimum Gasteiger partial charge on any atom is -0.478 e. The van der Waals surface area contributed by atoms with Gasteiger partial charge in [-0.1, -0.05) is 0 Å². The van der Waals surface area contributed by atoms with E-state index >= 15 is 0 Å². The zero-order chi connectivity index (χ0) is 12.5. The van der Waals surface area contributed by atoms with Crippen molar-refractivity contribution in [2.24, 2.45) is 0 Å². The quantitative estimate of drug-likeness (QED) is 0.611. The van der Waals surface area contributed by atoms with Gasteiger partial charge in [0.05, 0.1) is 5.56 Å². The van der Waals surface area contributed by atoms with Crippen LogP contribution in [0.3, 0.4) is 0 Å². The maximum Gasteiger partial charge on any atom is 0.573 e. The van der Waals surface area contributed by atoms with E-state index in [0.717, 1.165) is 0 Å². The summed E-state index contributed by atoms with van der Waals surface area (Å²) in [5, 5.41) is 8.48. The average molecular weight is 239 g/mol. The number of alkyl halides is 3. The van der Waals surface area contributed by atoms with Crippen LogP contribution in [0, 0.1) is 5.82 Å². The average Bonchev–Trinajstić information content (AvgIpc) is 2.10. The lowest BCUT2D eigenvalue weighted by Gasteiger charge is -2.12. The number of carboxylic acids is 1. The van der Waals surface area contributed by atoms with Gasteiger partial charge in [0, 0.05) is 0 Å². The Hall–Kier alpha value is -1.99. The highest BCUT2D eigenvalue weighted by Crippen LogP contribution is 2.31. The van der Waals surface area contributed by atoms with Crippen molar-refractivity contribution < 1.29 is 32.2 Å². The van der Waals surface area contributed by atoms with E-state index in [4.69, 9.17) is 10.8 Å². The maximum atomic E-state index is 12.9. The third kappa shape index (κ3) is 2.75. The molecule has 0 atom stereocenters. The second-order valence-electron chi connectivity index (χ2n) is 2.72. The Balaban J connectivity index is 3.22. The SMILES string of the molecule is Nc1c(F)cc(C(=O)O)cc1OC(F)(F)F. The smallest absolute Gasteiger partial charge is 0.478 e. The van der Waals surface area contributed by atoms with Gasteiger partial charge in [0.25, 0.3) is 0 Å². The summed E-state index contributed by atoms with van der Waals surface area (Å²) in [6, 6.07) is 0.995. The first-order valence-corrected chi connectivity index (χ1v) is 3.79. The lowest BCUT2D eigenvalue weighted by molar-refractivity contribution is -0.274. The van der Waals surface area contributed by atoms with Crippen molar-refractivity contribution in [3.05, 3.63) is 23.5 Å². The number of rotatable bonds is 2. The van der Waals surface area contributed by atoms with E-state index in [2.05, 4.69) is 4.74 Å². The number of carbonyl (C=O) groups is 1. The summed E-state index contributed by atoms with van der Waals surface area (Å²) in [5.74, 6) is -3.96. The number of hydrogen-bond acceptors (Lipinski definition) is 3. The predicted molar refractivity (Wildman–Crippen MR) is 44.5 cm³/mol. The largest absolute Gasteiger partial charge is 0.573 e. The summed E-state index contributed by atoms with van der Waals surface area (Å²) in [5.41, 5.74) is 3.38. The fourth-order valence-electron chi connectivity index (χ4n) is 0.925. The highest BCUT2D eigenvalue weighted by atomic mass is 19.4. The van der Waals surface area contributed by atoms with Crippen molar-refractivity contribution >= 4 is 11.7 Å². The number of ether oxygens (including phenoxy) is 1. The summed E-state index contributed by atoms with van der Waals surface area (Å²) in [6.07, 6.45) is -5.07. The molecule has 0 aliphatic rings. The molecule has 0 radical (unpaired) electrons. The van der Waals surface area contributed by atoms with E-state index in [0.29, 0.717) is 12.1 Å². The van der Waals surface area contributed by atoms with Crippen LogP contribution in [0.1, 0.15) is 10.4 Å². The Bertz CT molecular complexity index is 430. The van der Waals surface area contributed by atoms with Crippen molar-refractivity contribution in [3.8, 4) is 5.75 Å². The molecule has 88 valence electrons. The van der Waals surface area contributed by atoms with Gasteiger partial charge in [-0.15, -0.1) is 13.2 Å². The maximum absolute atomic E-state index is 12.9. The van der Waals surface area contributed by atoms with Gasteiger partial charge >= 0.3 is 12.3 Å². The van der Waals surface area contributed by atoms with Crippen molar-refractivity contribution in [2.45, 2.75) is 6.36 Å². The molecular formula is C8H5F4NO3. The molecule has 0 saturated carbocycles. The van der Waals surface area contributed by atoms with Gasteiger partial charge in [0.15, 0.2) is 11.6 Å². The topological polar surface area (TPSA) is 72.6 Å². The molecule has 1 aromatic rings. The zero-order valence-corrected chi connectivity index (χ0v) is 7.51. The fourth-order valence-corrected chi connectivity index (χ4v) is 0.925. The molecule has 0 heterocycles. The van der Waals surface area contributed by atoms with Gasteiger partial charge in [-0.3, -0.25) is 0 Å². The molecule has 4 nitrogen and oxygen atoms in total. The highest BCUT2D eigenvalue weighted by molar-refractivity contribution is 5.89. The fraction of sp³-hybridized carbons (Fsp3) is 0.125. The third-order valence-corrected chi connectivity index (χ3v) is 1.56. The first kappa shape index (κ1) is 12.1. The Morgan fingerprint density at radius 1 is 1.38 bits per heavy atom. The van der Waals surface area contributed by atoms with E-state index < -0.39 is 35.1 Å². The van der Waals surface area contributed by atoms with Gasteiger partial charge < -0.3 is 15.6 Å². The molecule has 16 heavy (non-hydrogen) atoms. The second kappa shape index (κ2) is 3.87. The van der Waals surface area contributed by atoms with Crippen molar-refractivity contribution in [3.63, 3.8) is 0 Å². The predicted octanol–water partition coefficient (Wildman–Crippen LogP) is 2.00. The Kier molecular flexibility index (Phi) is 2.92. The number of nitrogens with two attached hydrogens (primary N) is 1. The molecule has 3 N–H and O–H groups in total. The highest BCUT2D eigenvalue weighted by Gasteiger charge is 2.33. The van der Waals surface area contributed by atoms with Gasteiger partial charge in [0.1, 0.15) is 5.69 Å². The first-order chi connectivity index (χ1) is 7.20. The molecule has 8 heteroatoms. The van der Waals surface area contributed by atoms with E-state index in [-0.39, 0.29) is 0 Å². The summed E-state index contributed by atoms with van der Waals surface area (Å²) in [6.45, 7) is 0. The second-order valence-corrected chi connectivity index (χ2v) is 2.72. The molecule has 0 fully saturated rings. The van der Waals surface area contributed by atoms with Crippen LogP contribution in [0.5, 0.6) is 5.75 Å². The monoisotopic (exact) mass is 239 g/mol.